The second kappa shape index (κ2) is 2.96. The lowest BCUT2D eigenvalue weighted by molar-refractivity contribution is 0.211. The monoisotopic (exact) mass is 196 g/mol. The molecule has 2 rings (SSSR count). The molecule has 0 radical (unpaired) electrons. The number of hydrogen-bond acceptors (Lipinski definition) is 2. The molecule has 2 unspecified atom stereocenters. The van der Waals surface area contributed by atoms with Crippen LogP contribution in [0, 0.1) is 10.8 Å². The largest absolute Gasteiger partial charge is 0.305 e. The highest BCUT2D eigenvalue weighted by Gasteiger charge is 2.56. The van der Waals surface area contributed by atoms with Crippen LogP contribution < -0.4 is 0 Å². The summed E-state index contributed by atoms with van der Waals surface area (Å²) in [6.45, 7) is 14.7. The van der Waals surface area contributed by atoms with Crippen LogP contribution in [0.1, 0.15) is 27.7 Å². The minimum Gasteiger partial charge on any atom is -0.305 e. The van der Waals surface area contributed by atoms with Crippen molar-refractivity contribution < 1.29 is 0 Å². The molecule has 0 spiro atoms. The van der Waals surface area contributed by atoms with Gasteiger partial charge in [0.15, 0.2) is 0 Å². The van der Waals surface area contributed by atoms with Crippen LogP contribution in [0.5, 0.6) is 0 Å². The van der Waals surface area contributed by atoms with Gasteiger partial charge in [-0.15, -0.1) is 0 Å². The van der Waals surface area contributed by atoms with Crippen molar-refractivity contribution >= 4 is 0 Å². The highest BCUT2D eigenvalue weighted by molar-refractivity contribution is 5.09. The van der Waals surface area contributed by atoms with Crippen molar-refractivity contribution in [1.29, 1.82) is 0 Å². The van der Waals surface area contributed by atoms with Gasteiger partial charge in [-0.05, 0) is 20.9 Å². The molecule has 0 aromatic carbocycles. The Morgan fingerprint density at radius 3 is 1.71 bits per heavy atom. The van der Waals surface area contributed by atoms with Crippen molar-refractivity contribution in [2.24, 2.45) is 10.8 Å². The van der Waals surface area contributed by atoms with Crippen molar-refractivity contribution in [2.45, 2.75) is 33.7 Å². The molecule has 0 aliphatic carbocycles. The Kier molecular flexibility index (Phi) is 2.20. The molecular formula is C12H24N2. The van der Waals surface area contributed by atoms with E-state index in [2.05, 4.69) is 44.5 Å². The molecule has 2 saturated heterocycles. The van der Waals surface area contributed by atoms with E-state index in [0.717, 1.165) is 0 Å². The molecule has 2 aliphatic rings. The van der Waals surface area contributed by atoms with Crippen LogP contribution in [-0.2, 0) is 0 Å². The Morgan fingerprint density at radius 2 is 1.36 bits per heavy atom. The second-order valence-electron chi connectivity index (χ2n) is 6.29. The van der Waals surface area contributed by atoms with E-state index in [1.807, 2.05) is 0 Å². The van der Waals surface area contributed by atoms with Crippen LogP contribution in [0.3, 0.4) is 0 Å². The van der Waals surface area contributed by atoms with Gasteiger partial charge in [0.05, 0.1) is 0 Å². The number of rotatable bonds is 1. The average Bonchev–Trinajstić information content (AvgIpc) is 2.33. The van der Waals surface area contributed by atoms with E-state index in [4.69, 9.17) is 0 Å². The fourth-order valence-corrected chi connectivity index (χ4v) is 3.43. The molecule has 14 heavy (non-hydrogen) atoms. The third-order valence-corrected chi connectivity index (χ3v) is 4.53. The number of hydrogen-bond donors (Lipinski definition) is 0. The van der Waals surface area contributed by atoms with Gasteiger partial charge >= 0.3 is 0 Å². The van der Waals surface area contributed by atoms with Gasteiger partial charge < -0.3 is 4.90 Å². The molecular weight excluding hydrogens is 172 g/mol. The quantitative estimate of drug-likeness (QED) is 0.629. The fourth-order valence-electron chi connectivity index (χ4n) is 3.43. The Hall–Kier alpha value is -0.0800. The van der Waals surface area contributed by atoms with Crippen LogP contribution in [0.25, 0.3) is 0 Å². The van der Waals surface area contributed by atoms with Crippen molar-refractivity contribution in [3.63, 3.8) is 0 Å². The first-order valence-corrected chi connectivity index (χ1v) is 5.79. The smallest absolute Gasteiger partial charge is 0.00567 e. The van der Waals surface area contributed by atoms with E-state index in [1.54, 1.807) is 0 Å². The zero-order chi connectivity index (χ0) is 10.6. The SMILES string of the molecule is CC(C)N1CC2(C)CN(C)CC2(C)C1. The number of likely N-dealkylation sites (tertiary alicyclic amines) is 2. The summed E-state index contributed by atoms with van der Waals surface area (Å²) in [7, 11) is 2.26. The topological polar surface area (TPSA) is 6.48 Å². The maximum Gasteiger partial charge on any atom is 0.00567 e. The molecule has 0 amide bonds. The summed E-state index contributed by atoms with van der Waals surface area (Å²) in [5, 5.41) is 0. The third-order valence-electron chi connectivity index (χ3n) is 4.53. The van der Waals surface area contributed by atoms with Crippen LogP contribution in [0.15, 0.2) is 0 Å². The lowest BCUT2D eigenvalue weighted by Gasteiger charge is -2.31. The Labute approximate surface area is 88.3 Å². The zero-order valence-corrected chi connectivity index (χ0v) is 10.3. The molecule has 0 bridgehead atoms. The first-order chi connectivity index (χ1) is 6.36. The summed E-state index contributed by atoms with van der Waals surface area (Å²) in [4.78, 5) is 5.14. The van der Waals surface area contributed by atoms with E-state index >= 15 is 0 Å². The van der Waals surface area contributed by atoms with Crippen LogP contribution in [-0.4, -0.2) is 49.1 Å². The first-order valence-electron chi connectivity index (χ1n) is 5.79. The Morgan fingerprint density at radius 1 is 0.929 bits per heavy atom. The van der Waals surface area contributed by atoms with Crippen LogP contribution >= 0.6 is 0 Å². The van der Waals surface area contributed by atoms with Gasteiger partial charge in [0.2, 0.25) is 0 Å². The standard InChI is InChI=1S/C12H24N2/c1-10(2)14-8-11(3)6-13(5)7-12(11,4)9-14/h10H,6-9H2,1-5H3. The van der Waals surface area contributed by atoms with Crippen molar-refractivity contribution in [3.8, 4) is 0 Å². The molecule has 0 aromatic heterocycles. The van der Waals surface area contributed by atoms with E-state index in [-0.39, 0.29) is 0 Å². The highest BCUT2D eigenvalue weighted by atomic mass is 15.3. The van der Waals surface area contributed by atoms with Gasteiger partial charge in [0.1, 0.15) is 0 Å². The molecule has 2 nitrogen and oxygen atoms in total. The molecule has 2 fully saturated rings. The first kappa shape index (κ1) is 10.4. The maximum absolute atomic E-state index is 2.65. The second-order valence-corrected chi connectivity index (χ2v) is 6.29. The summed E-state index contributed by atoms with van der Waals surface area (Å²) >= 11 is 0. The minimum atomic E-state index is 0.520. The summed E-state index contributed by atoms with van der Waals surface area (Å²) < 4.78 is 0. The molecule has 2 heterocycles. The molecule has 0 aromatic rings. The Balaban J connectivity index is 2.19. The van der Waals surface area contributed by atoms with Crippen molar-refractivity contribution in [1.82, 2.24) is 9.80 Å². The average molecular weight is 196 g/mol. The van der Waals surface area contributed by atoms with E-state index in [0.29, 0.717) is 16.9 Å². The number of nitrogens with zero attached hydrogens (tertiary/aromatic N) is 2. The summed E-state index contributed by atoms with van der Waals surface area (Å²) in [6, 6.07) is 0.708. The van der Waals surface area contributed by atoms with Gasteiger partial charge in [0, 0.05) is 43.1 Å². The van der Waals surface area contributed by atoms with E-state index in [9.17, 15) is 0 Å². The van der Waals surface area contributed by atoms with Crippen molar-refractivity contribution in [3.05, 3.63) is 0 Å². The fraction of sp³-hybridized carbons (Fsp3) is 1.00. The lowest BCUT2D eigenvalue weighted by atomic mass is 9.71. The summed E-state index contributed by atoms with van der Waals surface area (Å²) in [6.07, 6.45) is 0. The molecule has 82 valence electrons. The predicted octanol–water partition coefficient (Wildman–Crippen LogP) is 1.67. The van der Waals surface area contributed by atoms with Gasteiger partial charge in [-0.3, -0.25) is 4.90 Å². The minimum absolute atomic E-state index is 0.520. The predicted molar refractivity (Wildman–Crippen MR) is 60.4 cm³/mol. The summed E-state index contributed by atoms with van der Waals surface area (Å²) in [5.41, 5.74) is 1.04. The summed E-state index contributed by atoms with van der Waals surface area (Å²) in [5.74, 6) is 0. The van der Waals surface area contributed by atoms with Gasteiger partial charge in [-0.2, -0.15) is 0 Å². The molecule has 2 aliphatic heterocycles. The van der Waals surface area contributed by atoms with Crippen LogP contribution in [0.4, 0.5) is 0 Å². The van der Waals surface area contributed by atoms with Crippen LogP contribution in [0.2, 0.25) is 0 Å². The number of fused-ring (bicyclic) bond motifs is 1. The molecule has 2 atom stereocenters. The van der Waals surface area contributed by atoms with Gasteiger partial charge in [0.25, 0.3) is 0 Å². The molecule has 2 heteroatoms. The third kappa shape index (κ3) is 1.31. The normalized spacial score (nSPS) is 45.0. The lowest BCUT2D eigenvalue weighted by Crippen LogP contribution is -2.34. The molecule has 0 N–H and O–H groups in total. The van der Waals surface area contributed by atoms with Gasteiger partial charge in [-0.1, -0.05) is 13.8 Å². The highest BCUT2D eigenvalue weighted by Crippen LogP contribution is 2.51. The Bertz CT molecular complexity index is 218. The maximum atomic E-state index is 2.65. The van der Waals surface area contributed by atoms with Gasteiger partial charge in [-0.25, -0.2) is 0 Å². The zero-order valence-electron chi connectivity index (χ0n) is 10.3. The van der Waals surface area contributed by atoms with Crippen molar-refractivity contribution in [2.75, 3.05) is 33.2 Å². The van der Waals surface area contributed by atoms with E-state index in [1.165, 1.54) is 26.2 Å². The van der Waals surface area contributed by atoms with E-state index < -0.39 is 0 Å². The molecule has 0 saturated carbocycles.